The van der Waals surface area contributed by atoms with E-state index in [0.29, 0.717) is 30.9 Å². The van der Waals surface area contributed by atoms with Gasteiger partial charge >= 0.3 is 5.97 Å². The standard InChI is InChI=1S/C21H23N3O5/c25-12-10-22-18-8-2-1-7-17(18)21(28)29-14-19(26)23-15-5-3-6-16(13-15)24-11-4-9-20(24)27/h1-3,5-8,13,22,25H,4,9-12,14H2,(H,23,26). The van der Waals surface area contributed by atoms with Crippen LogP contribution in [-0.2, 0) is 14.3 Å². The molecule has 0 unspecified atom stereocenters. The first-order valence-corrected chi connectivity index (χ1v) is 9.39. The number of hydrogen-bond donors (Lipinski definition) is 3. The monoisotopic (exact) mass is 397 g/mol. The van der Waals surface area contributed by atoms with Crippen LogP contribution in [0.3, 0.4) is 0 Å². The highest BCUT2D eigenvalue weighted by molar-refractivity contribution is 5.99. The fourth-order valence-corrected chi connectivity index (χ4v) is 3.08. The molecule has 1 aliphatic heterocycles. The topological polar surface area (TPSA) is 108 Å². The normalized spacial score (nSPS) is 13.3. The number of nitrogens with zero attached hydrogens (tertiary/aromatic N) is 1. The summed E-state index contributed by atoms with van der Waals surface area (Å²) >= 11 is 0. The molecule has 0 aromatic heterocycles. The van der Waals surface area contributed by atoms with Crippen LogP contribution in [0.1, 0.15) is 23.2 Å². The summed E-state index contributed by atoms with van der Waals surface area (Å²) in [5.74, 6) is -1.06. The molecule has 0 bridgehead atoms. The van der Waals surface area contributed by atoms with Crippen LogP contribution >= 0.6 is 0 Å². The predicted octanol–water partition coefficient (Wildman–Crippen LogP) is 2.01. The van der Waals surface area contributed by atoms with Gasteiger partial charge in [-0.2, -0.15) is 0 Å². The van der Waals surface area contributed by atoms with Crippen LogP contribution in [0.5, 0.6) is 0 Å². The Morgan fingerprint density at radius 1 is 1.14 bits per heavy atom. The largest absolute Gasteiger partial charge is 0.452 e. The summed E-state index contributed by atoms with van der Waals surface area (Å²) in [6.45, 7) is 0.437. The number of benzene rings is 2. The van der Waals surface area contributed by atoms with Crippen molar-refractivity contribution >= 4 is 34.8 Å². The van der Waals surface area contributed by atoms with E-state index in [0.717, 1.165) is 12.1 Å². The van der Waals surface area contributed by atoms with Crippen LogP contribution in [-0.4, -0.2) is 49.2 Å². The Morgan fingerprint density at radius 3 is 2.72 bits per heavy atom. The van der Waals surface area contributed by atoms with Gasteiger partial charge in [-0.25, -0.2) is 4.79 Å². The Labute approximate surface area is 168 Å². The lowest BCUT2D eigenvalue weighted by Gasteiger charge is -2.16. The van der Waals surface area contributed by atoms with Crippen molar-refractivity contribution in [1.29, 1.82) is 0 Å². The van der Waals surface area contributed by atoms with E-state index in [2.05, 4.69) is 10.6 Å². The van der Waals surface area contributed by atoms with Crippen molar-refractivity contribution < 1.29 is 24.2 Å². The number of carbonyl (C=O) groups excluding carboxylic acids is 3. The van der Waals surface area contributed by atoms with Gasteiger partial charge in [0, 0.05) is 36.6 Å². The summed E-state index contributed by atoms with van der Waals surface area (Å²) in [5, 5.41) is 14.5. The molecule has 8 nitrogen and oxygen atoms in total. The first-order valence-electron chi connectivity index (χ1n) is 9.39. The molecule has 152 valence electrons. The number of aliphatic hydroxyl groups is 1. The molecule has 1 fully saturated rings. The third-order valence-corrected chi connectivity index (χ3v) is 4.42. The lowest BCUT2D eigenvalue weighted by atomic mass is 10.2. The van der Waals surface area contributed by atoms with Gasteiger partial charge in [0.05, 0.1) is 12.2 Å². The lowest BCUT2D eigenvalue weighted by Crippen LogP contribution is -2.24. The van der Waals surface area contributed by atoms with E-state index in [1.54, 1.807) is 47.4 Å². The molecule has 2 aromatic rings. The van der Waals surface area contributed by atoms with Gasteiger partial charge in [0.15, 0.2) is 6.61 Å². The van der Waals surface area contributed by atoms with E-state index < -0.39 is 18.5 Å². The third kappa shape index (κ3) is 5.32. The molecule has 1 aliphatic rings. The molecule has 8 heteroatoms. The van der Waals surface area contributed by atoms with Gasteiger partial charge < -0.3 is 25.4 Å². The molecular weight excluding hydrogens is 374 g/mol. The minimum absolute atomic E-state index is 0.0656. The summed E-state index contributed by atoms with van der Waals surface area (Å²) in [4.78, 5) is 38.0. The molecule has 2 amide bonds. The average molecular weight is 397 g/mol. The molecule has 3 rings (SSSR count). The zero-order valence-electron chi connectivity index (χ0n) is 15.9. The lowest BCUT2D eigenvalue weighted by molar-refractivity contribution is -0.119. The number of amides is 2. The summed E-state index contributed by atoms with van der Waals surface area (Å²) < 4.78 is 5.11. The minimum atomic E-state index is -0.641. The maximum Gasteiger partial charge on any atom is 0.340 e. The Morgan fingerprint density at radius 2 is 1.97 bits per heavy atom. The van der Waals surface area contributed by atoms with Gasteiger partial charge in [-0.3, -0.25) is 9.59 Å². The van der Waals surface area contributed by atoms with Gasteiger partial charge in [-0.15, -0.1) is 0 Å². The van der Waals surface area contributed by atoms with Crippen molar-refractivity contribution in [1.82, 2.24) is 0 Å². The van der Waals surface area contributed by atoms with Crippen LogP contribution in [0, 0.1) is 0 Å². The maximum atomic E-state index is 12.3. The van der Waals surface area contributed by atoms with E-state index in [1.165, 1.54) is 0 Å². The number of para-hydroxylation sites is 1. The number of hydrogen-bond acceptors (Lipinski definition) is 6. The van der Waals surface area contributed by atoms with Crippen LogP contribution < -0.4 is 15.5 Å². The highest BCUT2D eigenvalue weighted by Crippen LogP contribution is 2.24. The molecule has 0 saturated carbocycles. The second-order valence-electron chi connectivity index (χ2n) is 6.52. The first-order chi connectivity index (χ1) is 14.1. The van der Waals surface area contributed by atoms with Crippen molar-refractivity contribution in [2.24, 2.45) is 0 Å². The van der Waals surface area contributed by atoms with E-state index in [4.69, 9.17) is 9.84 Å². The molecule has 0 spiro atoms. The number of carbonyl (C=O) groups is 3. The number of aliphatic hydroxyl groups excluding tert-OH is 1. The van der Waals surface area contributed by atoms with E-state index in [1.807, 2.05) is 6.07 Å². The number of rotatable bonds is 8. The van der Waals surface area contributed by atoms with Crippen LogP contribution in [0.15, 0.2) is 48.5 Å². The van der Waals surface area contributed by atoms with Gasteiger partial charge in [-0.05, 0) is 36.8 Å². The summed E-state index contributed by atoms with van der Waals surface area (Å²) in [6.07, 6.45) is 1.35. The highest BCUT2D eigenvalue weighted by Gasteiger charge is 2.22. The van der Waals surface area contributed by atoms with Crippen molar-refractivity contribution in [2.75, 3.05) is 41.8 Å². The van der Waals surface area contributed by atoms with Gasteiger partial charge in [-0.1, -0.05) is 18.2 Å². The summed E-state index contributed by atoms with van der Waals surface area (Å²) in [5.41, 5.74) is 2.05. The Bertz CT molecular complexity index is 899. The quantitative estimate of drug-likeness (QED) is 0.588. The van der Waals surface area contributed by atoms with Crippen molar-refractivity contribution in [2.45, 2.75) is 12.8 Å². The van der Waals surface area contributed by atoms with Crippen LogP contribution in [0.25, 0.3) is 0 Å². The zero-order chi connectivity index (χ0) is 20.6. The first kappa shape index (κ1) is 20.3. The molecule has 1 saturated heterocycles. The van der Waals surface area contributed by atoms with E-state index in [-0.39, 0.29) is 18.1 Å². The Balaban J connectivity index is 1.56. The van der Waals surface area contributed by atoms with Crippen molar-refractivity contribution in [3.8, 4) is 0 Å². The van der Waals surface area contributed by atoms with Gasteiger partial charge in [0.2, 0.25) is 5.91 Å². The molecular formula is C21H23N3O5. The van der Waals surface area contributed by atoms with E-state index >= 15 is 0 Å². The maximum absolute atomic E-state index is 12.3. The second-order valence-corrected chi connectivity index (χ2v) is 6.52. The Hall–Kier alpha value is -3.39. The van der Waals surface area contributed by atoms with Gasteiger partial charge in [0.25, 0.3) is 5.91 Å². The predicted molar refractivity (Wildman–Crippen MR) is 109 cm³/mol. The number of esters is 1. The molecule has 2 aromatic carbocycles. The molecule has 0 aliphatic carbocycles. The van der Waals surface area contributed by atoms with Crippen LogP contribution in [0.2, 0.25) is 0 Å². The molecule has 3 N–H and O–H groups in total. The molecule has 1 heterocycles. The SMILES string of the molecule is O=C(COC(=O)c1ccccc1NCCO)Nc1cccc(N2CCCC2=O)c1. The average Bonchev–Trinajstić information content (AvgIpc) is 3.17. The van der Waals surface area contributed by atoms with Crippen LogP contribution in [0.4, 0.5) is 17.1 Å². The number of nitrogens with one attached hydrogen (secondary N) is 2. The van der Waals surface area contributed by atoms with Crippen molar-refractivity contribution in [3.05, 3.63) is 54.1 Å². The summed E-state index contributed by atoms with van der Waals surface area (Å²) in [7, 11) is 0. The highest BCUT2D eigenvalue weighted by atomic mass is 16.5. The van der Waals surface area contributed by atoms with Gasteiger partial charge in [0.1, 0.15) is 0 Å². The molecule has 0 radical (unpaired) electrons. The Kier molecular flexibility index (Phi) is 6.80. The fourth-order valence-electron chi connectivity index (χ4n) is 3.08. The minimum Gasteiger partial charge on any atom is -0.452 e. The number of anilines is 3. The zero-order valence-corrected chi connectivity index (χ0v) is 15.9. The third-order valence-electron chi connectivity index (χ3n) is 4.42. The molecule has 0 atom stereocenters. The van der Waals surface area contributed by atoms with E-state index in [9.17, 15) is 14.4 Å². The molecule has 29 heavy (non-hydrogen) atoms. The smallest absolute Gasteiger partial charge is 0.340 e. The summed E-state index contributed by atoms with van der Waals surface area (Å²) in [6, 6.07) is 13.7. The second kappa shape index (κ2) is 9.70. The van der Waals surface area contributed by atoms with Crippen molar-refractivity contribution in [3.63, 3.8) is 0 Å². The fraction of sp³-hybridized carbons (Fsp3) is 0.286. The number of ether oxygens (including phenoxy) is 1.